The van der Waals surface area contributed by atoms with E-state index in [1.807, 2.05) is 30.3 Å². The molecule has 0 unspecified atom stereocenters. The van der Waals surface area contributed by atoms with Crippen LogP contribution < -0.4 is 0 Å². The van der Waals surface area contributed by atoms with E-state index in [1.54, 1.807) is 6.07 Å². The molecule has 9 rings (SSSR count). The molecular weight excluding hydrogens is 520 g/mol. The quantitative estimate of drug-likeness (QED) is 0.198. The van der Waals surface area contributed by atoms with Crippen LogP contribution in [-0.2, 0) is 0 Å². The summed E-state index contributed by atoms with van der Waals surface area (Å²) < 4.78 is 65.7. The van der Waals surface area contributed by atoms with Gasteiger partial charge in [-0.3, -0.25) is 0 Å². The topological polar surface area (TPSA) is 13.1 Å². The van der Waals surface area contributed by atoms with Gasteiger partial charge in [0.05, 0.1) is 9.60 Å². The minimum Gasteiger partial charge on any atom is -0.456 e. The van der Waals surface area contributed by atoms with E-state index in [4.69, 9.17) is 12.6 Å². The Labute approximate surface area is 259 Å². The molecule has 1 aromatic heterocycles. The van der Waals surface area contributed by atoms with Crippen molar-refractivity contribution in [3.05, 3.63) is 158 Å². The summed E-state index contributed by atoms with van der Waals surface area (Å²) in [5, 5.41) is 7.43. The third-order valence-electron chi connectivity index (χ3n) is 8.31. The predicted octanol–water partition coefficient (Wildman–Crippen LogP) is 12.0. The first-order valence-corrected chi connectivity index (χ1v) is 14.2. The Morgan fingerprint density at radius 3 is 1.51 bits per heavy atom. The maximum Gasteiger partial charge on any atom is 0.135 e. The first kappa shape index (κ1) is 18.0. The van der Waals surface area contributed by atoms with Gasteiger partial charge in [0.2, 0.25) is 0 Å². The van der Waals surface area contributed by atoms with Crippen molar-refractivity contribution in [2.75, 3.05) is 0 Å². The zero-order chi connectivity index (χ0) is 34.4. The summed E-state index contributed by atoms with van der Waals surface area (Å²) in [5.74, 6) is 0. The zero-order valence-corrected chi connectivity index (χ0v) is 22.9. The second kappa shape index (κ2) is 9.44. The van der Waals surface area contributed by atoms with E-state index in [0.29, 0.717) is 5.56 Å². The van der Waals surface area contributed by atoms with E-state index in [1.165, 1.54) is 32.3 Å². The summed E-state index contributed by atoms with van der Waals surface area (Å²) >= 11 is 0. The molecule has 0 saturated heterocycles. The standard InChI is InChI=1S/C42H26O/c1-2-15-35-33(13-1)34-14-3-4-16-36(34)39-25-31(19-21-37(35)39)29-11-7-9-27(23-29)28-10-8-12-30(24-28)32-20-22-42-40(26-32)38-17-5-6-18-41(38)43-42/h1-26H/i5D,6D,17D,18D,20D,22D,26D. The molecule has 1 heteroatoms. The smallest absolute Gasteiger partial charge is 0.135 e. The number of rotatable bonds is 3. The fourth-order valence-electron chi connectivity index (χ4n) is 6.27. The lowest BCUT2D eigenvalue weighted by Gasteiger charge is -2.13. The van der Waals surface area contributed by atoms with Gasteiger partial charge >= 0.3 is 0 Å². The van der Waals surface area contributed by atoms with Crippen molar-refractivity contribution < 1.29 is 14.0 Å². The van der Waals surface area contributed by atoms with Crippen molar-refractivity contribution in [2.45, 2.75) is 0 Å². The lowest BCUT2D eigenvalue weighted by molar-refractivity contribution is 0.669. The van der Waals surface area contributed by atoms with Gasteiger partial charge < -0.3 is 4.42 Å². The van der Waals surface area contributed by atoms with Gasteiger partial charge in [-0.2, -0.15) is 0 Å². The molecule has 0 aliphatic heterocycles. The summed E-state index contributed by atoms with van der Waals surface area (Å²) in [6.07, 6.45) is 0. The molecule has 0 N–H and O–H groups in total. The van der Waals surface area contributed by atoms with Crippen LogP contribution in [0.3, 0.4) is 0 Å². The van der Waals surface area contributed by atoms with Crippen molar-refractivity contribution in [1.82, 2.24) is 0 Å². The highest BCUT2D eigenvalue weighted by Gasteiger charge is 2.11. The molecule has 0 fully saturated rings. The largest absolute Gasteiger partial charge is 0.456 e. The van der Waals surface area contributed by atoms with Gasteiger partial charge in [0.15, 0.2) is 0 Å². The van der Waals surface area contributed by atoms with Crippen LogP contribution in [0.2, 0.25) is 0 Å². The predicted molar refractivity (Wildman–Crippen MR) is 183 cm³/mol. The average Bonchev–Trinajstić information content (AvgIpc) is 3.57. The first-order chi connectivity index (χ1) is 24.2. The summed E-state index contributed by atoms with van der Waals surface area (Å²) in [5.41, 5.74) is 4.48. The Kier molecular flexibility index (Phi) is 3.95. The fraction of sp³-hybridized carbons (Fsp3) is 0. The number of benzene rings is 8. The second-order valence-corrected chi connectivity index (χ2v) is 10.8. The Balaban J connectivity index is 1.19. The van der Waals surface area contributed by atoms with Crippen LogP contribution in [0, 0.1) is 0 Å². The zero-order valence-electron chi connectivity index (χ0n) is 29.9. The van der Waals surface area contributed by atoms with Gasteiger partial charge in [0, 0.05) is 10.8 Å². The number of furan rings is 1. The summed E-state index contributed by atoms with van der Waals surface area (Å²) in [6.45, 7) is 0. The van der Waals surface area contributed by atoms with Crippen LogP contribution in [-0.4, -0.2) is 0 Å². The van der Waals surface area contributed by atoms with Crippen LogP contribution >= 0.6 is 0 Å². The molecule has 0 aliphatic rings. The van der Waals surface area contributed by atoms with E-state index in [0.717, 1.165) is 22.3 Å². The van der Waals surface area contributed by atoms with Crippen LogP contribution in [0.4, 0.5) is 0 Å². The molecule has 0 bridgehead atoms. The van der Waals surface area contributed by atoms with Crippen LogP contribution in [0.25, 0.3) is 87.6 Å². The van der Waals surface area contributed by atoms with E-state index in [9.17, 15) is 1.37 Å². The highest BCUT2D eigenvalue weighted by Crippen LogP contribution is 2.38. The molecule has 43 heavy (non-hydrogen) atoms. The molecule has 1 nitrogen and oxygen atoms in total. The van der Waals surface area contributed by atoms with E-state index in [-0.39, 0.29) is 57.7 Å². The fourth-order valence-corrected chi connectivity index (χ4v) is 6.27. The van der Waals surface area contributed by atoms with E-state index >= 15 is 0 Å². The van der Waals surface area contributed by atoms with Crippen LogP contribution in [0.15, 0.2) is 162 Å². The highest BCUT2D eigenvalue weighted by molar-refractivity contribution is 6.25. The first-order valence-electron chi connectivity index (χ1n) is 17.7. The maximum atomic E-state index is 9.18. The molecular formula is C42H26O. The molecule has 200 valence electrons. The molecule has 0 radical (unpaired) electrons. The molecule has 0 atom stereocenters. The molecule has 1 heterocycles. The summed E-state index contributed by atoms with van der Waals surface area (Å²) in [4.78, 5) is 0. The molecule has 8 aromatic carbocycles. The average molecular weight is 554 g/mol. The SMILES string of the molecule is [2H]c1c([2H])c([2H])c2c(oc3c([2H])c([2H])c(-c4cccc(-c5cccc(-c6ccc7c8ccccc8c8ccccc8c7c6)c5)c4)c([2H])c32)c1[2H]. The van der Waals surface area contributed by atoms with Crippen molar-refractivity contribution in [3.63, 3.8) is 0 Å². The Bertz CT molecular complexity index is 2870. The minimum atomic E-state index is -0.452. The van der Waals surface area contributed by atoms with Crippen molar-refractivity contribution in [1.29, 1.82) is 0 Å². The number of hydrogen-bond donors (Lipinski definition) is 0. The highest BCUT2D eigenvalue weighted by atomic mass is 16.3. The van der Waals surface area contributed by atoms with Crippen LogP contribution in [0.1, 0.15) is 9.60 Å². The lowest BCUT2D eigenvalue weighted by atomic mass is 9.91. The maximum absolute atomic E-state index is 9.18. The van der Waals surface area contributed by atoms with Gasteiger partial charge in [-0.25, -0.2) is 0 Å². The number of para-hydroxylation sites is 1. The summed E-state index contributed by atoms with van der Waals surface area (Å²) in [6, 6.07) is 37.2. The van der Waals surface area contributed by atoms with E-state index in [2.05, 4.69) is 78.9 Å². The molecule has 0 saturated carbocycles. The van der Waals surface area contributed by atoms with Crippen molar-refractivity contribution >= 4 is 54.3 Å². The van der Waals surface area contributed by atoms with Gasteiger partial charge in [-0.05, 0) is 102 Å². The normalized spacial score (nSPS) is 14.0. The van der Waals surface area contributed by atoms with Crippen molar-refractivity contribution in [3.8, 4) is 33.4 Å². The Morgan fingerprint density at radius 1 is 0.349 bits per heavy atom. The molecule has 0 aliphatic carbocycles. The Hall–Kier alpha value is -5.66. The van der Waals surface area contributed by atoms with Gasteiger partial charge in [-0.1, -0.05) is 121 Å². The van der Waals surface area contributed by atoms with Crippen molar-refractivity contribution in [2.24, 2.45) is 0 Å². The van der Waals surface area contributed by atoms with Gasteiger partial charge in [-0.15, -0.1) is 0 Å². The lowest BCUT2D eigenvalue weighted by Crippen LogP contribution is -1.86. The molecule has 0 spiro atoms. The Morgan fingerprint density at radius 2 is 0.860 bits per heavy atom. The minimum absolute atomic E-state index is 0.0470. The number of hydrogen-bond acceptors (Lipinski definition) is 1. The molecule has 0 amide bonds. The van der Waals surface area contributed by atoms with E-state index < -0.39 is 12.1 Å². The molecule has 9 aromatic rings. The third-order valence-corrected chi connectivity index (χ3v) is 8.31. The number of fused-ring (bicyclic) bond motifs is 9. The monoisotopic (exact) mass is 553 g/mol. The van der Waals surface area contributed by atoms with Gasteiger partial charge in [0.25, 0.3) is 0 Å². The second-order valence-electron chi connectivity index (χ2n) is 10.8. The summed E-state index contributed by atoms with van der Waals surface area (Å²) in [7, 11) is 0. The van der Waals surface area contributed by atoms with Gasteiger partial charge in [0.1, 0.15) is 11.2 Å². The third kappa shape index (κ3) is 3.86. The van der Waals surface area contributed by atoms with Crippen LogP contribution in [0.5, 0.6) is 0 Å².